The van der Waals surface area contributed by atoms with E-state index in [2.05, 4.69) is 25.7 Å². The van der Waals surface area contributed by atoms with Crippen molar-refractivity contribution in [3.8, 4) is 0 Å². The van der Waals surface area contributed by atoms with E-state index in [1.165, 1.54) is 4.68 Å². The molecule has 128 valence electrons. The van der Waals surface area contributed by atoms with E-state index in [0.29, 0.717) is 24.7 Å². The Balaban J connectivity index is 1.79. The van der Waals surface area contributed by atoms with E-state index in [-0.39, 0.29) is 23.8 Å². The number of amides is 3. The molecule has 2 heterocycles. The molecule has 2 N–H and O–H groups in total. The number of methoxy groups -OCH3 is 1. The molecular formula is C15H20N6O3. The molecule has 1 aliphatic carbocycles. The number of carbonyl (C=O) groups excluding carboxylic acids is 2. The Bertz CT molecular complexity index is 721. The Morgan fingerprint density at radius 2 is 2.29 bits per heavy atom. The number of nitrogens with zero attached hydrogens (tertiary/aromatic N) is 4. The average molecular weight is 332 g/mol. The van der Waals surface area contributed by atoms with E-state index in [1.807, 2.05) is 0 Å². The first kappa shape index (κ1) is 16.3. The number of aryl methyl sites for hydroxylation is 1. The van der Waals surface area contributed by atoms with Crippen LogP contribution < -0.4 is 10.6 Å². The summed E-state index contributed by atoms with van der Waals surface area (Å²) in [5.74, 6) is 0.249. The highest BCUT2D eigenvalue weighted by atomic mass is 16.5. The van der Waals surface area contributed by atoms with Crippen LogP contribution in [0.25, 0.3) is 0 Å². The normalized spacial score (nSPS) is 19.6. The molecule has 0 aromatic carbocycles. The predicted octanol–water partition coefficient (Wildman–Crippen LogP) is 0.945. The molecule has 24 heavy (non-hydrogen) atoms. The van der Waals surface area contributed by atoms with Crippen LogP contribution in [0.4, 0.5) is 10.6 Å². The molecule has 0 radical (unpaired) electrons. The van der Waals surface area contributed by atoms with Crippen LogP contribution in [0.3, 0.4) is 0 Å². The van der Waals surface area contributed by atoms with Crippen LogP contribution in [-0.2, 0) is 9.53 Å². The van der Waals surface area contributed by atoms with Crippen molar-refractivity contribution in [3.05, 3.63) is 11.8 Å². The van der Waals surface area contributed by atoms with Gasteiger partial charge in [0.15, 0.2) is 0 Å². The Labute approximate surface area is 139 Å². The van der Waals surface area contributed by atoms with Crippen molar-refractivity contribution in [1.82, 2.24) is 15.1 Å². The van der Waals surface area contributed by atoms with E-state index in [0.717, 1.165) is 25.0 Å². The first-order valence-electron chi connectivity index (χ1n) is 7.89. The molecule has 9 heteroatoms. The van der Waals surface area contributed by atoms with Gasteiger partial charge in [0.2, 0.25) is 0 Å². The highest BCUT2D eigenvalue weighted by Crippen LogP contribution is 2.27. The van der Waals surface area contributed by atoms with Crippen molar-refractivity contribution in [2.45, 2.75) is 26.2 Å². The second kappa shape index (κ2) is 6.91. The molecule has 3 amide bonds. The lowest BCUT2D eigenvalue weighted by Gasteiger charge is -2.15. The van der Waals surface area contributed by atoms with Crippen molar-refractivity contribution < 1.29 is 14.3 Å². The Hall–Kier alpha value is -2.55. The predicted molar refractivity (Wildman–Crippen MR) is 88.5 cm³/mol. The molecule has 1 saturated carbocycles. The number of hydrogen-bond donors (Lipinski definition) is 2. The number of aliphatic imine (C=N–C) groups is 2. The van der Waals surface area contributed by atoms with Gasteiger partial charge in [-0.25, -0.2) is 9.79 Å². The molecule has 1 aliphatic heterocycles. The van der Waals surface area contributed by atoms with Crippen LogP contribution in [0.2, 0.25) is 0 Å². The van der Waals surface area contributed by atoms with E-state index < -0.39 is 0 Å². The van der Waals surface area contributed by atoms with Gasteiger partial charge in [-0.15, -0.1) is 0 Å². The van der Waals surface area contributed by atoms with Gasteiger partial charge in [-0.3, -0.25) is 10.1 Å². The molecule has 1 atom stereocenters. The molecule has 0 saturated heterocycles. The number of carbonyl (C=O) groups is 2. The SMILES string of the molecule is COCCNC(=O)Nc1cc(C)nn1C1=NC(=O)C2CCCC2=N1. The lowest BCUT2D eigenvalue weighted by Crippen LogP contribution is -2.33. The van der Waals surface area contributed by atoms with Crippen LogP contribution in [-0.4, -0.2) is 53.7 Å². The summed E-state index contributed by atoms with van der Waals surface area (Å²) >= 11 is 0. The summed E-state index contributed by atoms with van der Waals surface area (Å²) < 4.78 is 6.28. The van der Waals surface area contributed by atoms with Gasteiger partial charge in [-0.05, 0) is 26.2 Å². The molecule has 0 spiro atoms. The molecule has 1 aromatic heterocycles. The first-order chi connectivity index (χ1) is 11.6. The molecular weight excluding hydrogens is 312 g/mol. The maximum absolute atomic E-state index is 12.2. The van der Waals surface area contributed by atoms with Gasteiger partial charge in [0.1, 0.15) is 5.82 Å². The van der Waals surface area contributed by atoms with E-state index in [9.17, 15) is 9.59 Å². The second-order valence-corrected chi connectivity index (χ2v) is 5.75. The topological polar surface area (TPSA) is 110 Å². The Morgan fingerprint density at radius 1 is 1.46 bits per heavy atom. The summed E-state index contributed by atoms with van der Waals surface area (Å²) in [6.45, 7) is 2.60. The van der Waals surface area contributed by atoms with Crippen LogP contribution in [0.15, 0.2) is 16.1 Å². The van der Waals surface area contributed by atoms with Gasteiger partial charge >= 0.3 is 6.03 Å². The fraction of sp³-hybridized carbons (Fsp3) is 0.533. The third-order valence-electron chi connectivity index (χ3n) is 3.93. The number of ether oxygens (including phenoxy) is 1. The summed E-state index contributed by atoms with van der Waals surface area (Å²) in [7, 11) is 1.56. The van der Waals surface area contributed by atoms with E-state index >= 15 is 0 Å². The second-order valence-electron chi connectivity index (χ2n) is 5.75. The highest BCUT2D eigenvalue weighted by Gasteiger charge is 2.33. The van der Waals surface area contributed by atoms with Crippen molar-refractivity contribution in [3.63, 3.8) is 0 Å². The number of rotatable bonds is 4. The molecule has 1 fully saturated rings. The fourth-order valence-electron chi connectivity index (χ4n) is 2.82. The number of urea groups is 1. The molecule has 0 bridgehead atoms. The average Bonchev–Trinajstić information content (AvgIpc) is 3.14. The maximum Gasteiger partial charge on any atom is 0.320 e. The maximum atomic E-state index is 12.2. The minimum atomic E-state index is -0.387. The highest BCUT2D eigenvalue weighted by molar-refractivity contribution is 6.17. The number of nitrogens with one attached hydrogen (secondary N) is 2. The molecule has 9 nitrogen and oxygen atoms in total. The van der Waals surface area contributed by atoms with Crippen molar-refractivity contribution in [1.29, 1.82) is 0 Å². The fourth-order valence-corrected chi connectivity index (χ4v) is 2.82. The minimum absolute atomic E-state index is 0.181. The monoisotopic (exact) mass is 332 g/mol. The van der Waals surface area contributed by atoms with Gasteiger partial charge in [0.05, 0.1) is 18.2 Å². The minimum Gasteiger partial charge on any atom is -0.383 e. The largest absolute Gasteiger partial charge is 0.383 e. The lowest BCUT2D eigenvalue weighted by atomic mass is 10.1. The van der Waals surface area contributed by atoms with Gasteiger partial charge in [0.25, 0.3) is 11.9 Å². The zero-order chi connectivity index (χ0) is 17.1. The zero-order valence-corrected chi connectivity index (χ0v) is 13.7. The third-order valence-corrected chi connectivity index (χ3v) is 3.93. The summed E-state index contributed by atoms with van der Waals surface area (Å²) in [5.41, 5.74) is 1.54. The van der Waals surface area contributed by atoms with Gasteiger partial charge in [0, 0.05) is 25.4 Å². The van der Waals surface area contributed by atoms with Crippen LogP contribution >= 0.6 is 0 Å². The van der Waals surface area contributed by atoms with Gasteiger partial charge in [-0.1, -0.05) is 0 Å². The Kier molecular flexibility index (Phi) is 4.70. The number of fused-ring (bicyclic) bond motifs is 1. The van der Waals surface area contributed by atoms with Crippen LogP contribution in [0.5, 0.6) is 0 Å². The van der Waals surface area contributed by atoms with E-state index in [4.69, 9.17) is 4.74 Å². The van der Waals surface area contributed by atoms with E-state index in [1.54, 1.807) is 20.1 Å². The standard InChI is InChI=1S/C15H20N6O3/c1-9-8-12(18-15(23)16-6-7-24-2)21(20-9)14-17-11-5-3-4-10(11)13(22)19-14/h8,10H,3-7H2,1-2H3,(H2,16,18,23). The number of anilines is 1. The van der Waals surface area contributed by atoms with Crippen molar-refractivity contribution in [2.24, 2.45) is 15.9 Å². The quantitative estimate of drug-likeness (QED) is 0.800. The third kappa shape index (κ3) is 3.35. The molecule has 3 rings (SSSR count). The van der Waals surface area contributed by atoms with Crippen molar-refractivity contribution in [2.75, 3.05) is 25.6 Å². The first-order valence-corrected chi connectivity index (χ1v) is 7.89. The lowest BCUT2D eigenvalue weighted by molar-refractivity contribution is -0.119. The number of hydrogen-bond acceptors (Lipinski definition) is 5. The molecule has 1 unspecified atom stereocenters. The van der Waals surface area contributed by atoms with Gasteiger partial charge in [-0.2, -0.15) is 14.8 Å². The van der Waals surface area contributed by atoms with Gasteiger partial charge < -0.3 is 10.1 Å². The summed E-state index contributed by atoms with van der Waals surface area (Å²) in [4.78, 5) is 32.6. The Morgan fingerprint density at radius 3 is 3.08 bits per heavy atom. The smallest absolute Gasteiger partial charge is 0.320 e. The zero-order valence-electron chi connectivity index (χ0n) is 13.7. The molecule has 1 aromatic rings. The summed E-state index contributed by atoms with van der Waals surface area (Å²) in [6, 6.07) is 1.31. The van der Waals surface area contributed by atoms with Crippen LogP contribution in [0, 0.1) is 12.8 Å². The van der Waals surface area contributed by atoms with Crippen LogP contribution in [0.1, 0.15) is 25.0 Å². The summed E-state index contributed by atoms with van der Waals surface area (Å²) in [5, 5.41) is 9.65. The number of aromatic nitrogens is 2. The van der Waals surface area contributed by atoms with Crippen molar-refractivity contribution >= 4 is 29.4 Å². The molecule has 2 aliphatic rings. The summed E-state index contributed by atoms with van der Waals surface area (Å²) in [6.07, 6.45) is 2.55.